The van der Waals surface area contributed by atoms with Gasteiger partial charge in [0.05, 0.1) is 21.7 Å². The van der Waals surface area contributed by atoms with Crippen LogP contribution in [0.5, 0.6) is 0 Å². The van der Waals surface area contributed by atoms with E-state index in [-0.39, 0.29) is 16.4 Å². The van der Waals surface area contributed by atoms with Crippen molar-refractivity contribution in [1.82, 2.24) is 14.7 Å². The van der Waals surface area contributed by atoms with E-state index < -0.39 is 21.6 Å². The maximum absolute atomic E-state index is 13.3. The first-order chi connectivity index (χ1) is 15.5. The molecule has 1 aliphatic rings. The number of piperazine rings is 1. The van der Waals surface area contributed by atoms with Crippen molar-refractivity contribution < 1.29 is 26.4 Å². The number of hydrogen-bond acceptors (Lipinski definition) is 5. The third-order valence-corrected chi connectivity index (χ3v) is 6.61. The molecule has 0 saturated carbocycles. The summed E-state index contributed by atoms with van der Waals surface area (Å²) < 4.78 is 64.0. The minimum absolute atomic E-state index is 0.0325. The lowest BCUT2D eigenvalue weighted by molar-refractivity contribution is -0.137. The molecule has 2 aromatic carbocycles. The van der Waals surface area contributed by atoms with E-state index in [4.69, 9.17) is 0 Å². The number of aromatic nitrogens is 2. The second kappa shape index (κ2) is 8.54. The van der Waals surface area contributed by atoms with Crippen molar-refractivity contribution in [2.24, 2.45) is 0 Å². The van der Waals surface area contributed by atoms with Crippen LogP contribution in [-0.2, 0) is 16.0 Å². The lowest BCUT2D eigenvalue weighted by Crippen LogP contribution is -2.49. The highest BCUT2D eigenvalue weighted by Crippen LogP contribution is 2.31. The second-order valence-corrected chi connectivity index (χ2v) is 9.74. The number of hydrogen-bond donors (Lipinski definition) is 0. The molecule has 33 heavy (non-hydrogen) atoms. The summed E-state index contributed by atoms with van der Waals surface area (Å²) in [5.41, 5.74) is 0.607. The summed E-state index contributed by atoms with van der Waals surface area (Å²) in [5, 5.41) is 4.15. The molecule has 1 aliphatic heterocycles. The zero-order valence-electron chi connectivity index (χ0n) is 17.7. The number of rotatable bonds is 4. The summed E-state index contributed by atoms with van der Waals surface area (Å²) >= 11 is 0. The molecule has 1 fully saturated rings. The number of nitrogens with zero attached hydrogens (tertiary/aromatic N) is 4. The van der Waals surface area contributed by atoms with Gasteiger partial charge in [-0.25, -0.2) is 13.1 Å². The first-order valence-electron chi connectivity index (χ1n) is 10.1. The number of carbonyl (C=O) groups is 1. The molecule has 0 radical (unpaired) electrons. The molecule has 0 bridgehead atoms. The predicted octanol–water partition coefficient (Wildman–Crippen LogP) is 3.26. The van der Waals surface area contributed by atoms with E-state index in [1.54, 1.807) is 29.4 Å². The Bertz CT molecular complexity index is 1250. The smallest absolute Gasteiger partial charge is 0.368 e. The minimum Gasteiger partial charge on any atom is -0.368 e. The molecule has 174 valence electrons. The molecule has 1 aromatic heterocycles. The second-order valence-electron chi connectivity index (χ2n) is 7.73. The Morgan fingerprint density at radius 3 is 2.21 bits per heavy atom. The Morgan fingerprint density at radius 1 is 1.00 bits per heavy atom. The van der Waals surface area contributed by atoms with Crippen LogP contribution in [-0.4, -0.2) is 61.4 Å². The number of anilines is 1. The van der Waals surface area contributed by atoms with Crippen molar-refractivity contribution in [1.29, 1.82) is 0 Å². The van der Waals surface area contributed by atoms with Gasteiger partial charge in [0, 0.05) is 50.5 Å². The fourth-order valence-corrected chi connectivity index (χ4v) is 4.37. The summed E-state index contributed by atoms with van der Waals surface area (Å²) in [4.78, 5) is 16.9. The monoisotopic (exact) mass is 478 g/mol. The van der Waals surface area contributed by atoms with Crippen molar-refractivity contribution in [2.75, 3.05) is 37.3 Å². The van der Waals surface area contributed by atoms with Crippen molar-refractivity contribution in [3.05, 3.63) is 72.1 Å². The zero-order valence-corrected chi connectivity index (χ0v) is 18.5. The third-order valence-electron chi connectivity index (χ3n) is 5.50. The van der Waals surface area contributed by atoms with Crippen LogP contribution < -0.4 is 4.90 Å². The molecule has 3 aromatic rings. The average Bonchev–Trinajstić information content (AvgIpc) is 3.32. The number of halogens is 3. The van der Waals surface area contributed by atoms with E-state index in [0.717, 1.165) is 18.4 Å². The van der Waals surface area contributed by atoms with Gasteiger partial charge < -0.3 is 9.80 Å². The quantitative estimate of drug-likeness (QED) is 0.576. The van der Waals surface area contributed by atoms with E-state index in [1.165, 1.54) is 28.9 Å². The van der Waals surface area contributed by atoms with Crippen molar-refractivity contribution in [2.45, 2.75) is 11.1 Å². The van der Waals surface area contributed by atoms with Gasteiger partial charge in [-0.15, -0.1) is 0 Å². The summed E-state index contributed by atoms with van der Waals surface area (Å²) in [7, 11) is -3.52. The Morgan fingerprint density at radius 2 is 1.67 bits per heavy atom. The van der Waals surface area contributed by atoms with Gasteiger partial charge in [-0.2, -0.15) is 18.3 Å². The predicted molar refractivity (Wildman–Crippen MR) is 116 cm³/mol. The van der Waals surface area contributed by atoms with E-state index in [2.05, 4.69) is 5.10 Å². The molecule has 1 saturated heterocycles. The number of carbonyl (C=O) groups excluding carboxylic acids is 1. The molecular weight excluding hydrogens is 457 g/mol. The summed E-state index contributed by atoms with van der Waals surface area (Å²) in [6.07, 6.45) is -0.0974. The lowest BCUT2D eigenvalue weighted by Gasteiger charge is -2.36. The van der Waals surface area contributed by atoms with Gasteiger partial charge in [0.25, 0.3) is 5.91 Å². The van der Waals surface area contributed by atoms with Crippen molar-refractivity contribution >= 4 is 21.4 Å². The minimum atomic E-state index is -4.39. The van der Waals surface area contributed by atoms with Crippen LogP contribution in [0.15, 0.2) is 65.8 Å². The largest absolute Gasteiger partial charge is 0.416 e. The molecule has 0 N–H and O–H groups in total. The number of sulfone groups is 1. The SMILES string of the molecule is CS(=O)(=O)c1ccc(-n2cccn2)c(C(=O)N2CCN(c3ccc(C(F)(F)F)cc3)CC2)c1. The van der Waals surface area contributed by atoms with E-state index in [0.29, 0.717) is 37.6 Å². The summed E-state index contributed by atoms with van der Waals surface area (Å²) in [6.45, 7) is 1.53. The molecule has 7 nitrogen and oxygen atoms in total. The highest BCUT2D eigenvalue weighted by atomic mass is 32.2. The van der Waals surface area contributed by atoms with Crippen molar-refractivity contribution in [3.63, 3.8) is 0 Å². The average molecular weight is 478 g/mol. The van der Waals surface area contributed by atoms with Gasteiger partial charge in [-0.3, -0.25) is 4.79 Å². The lowest BCUT2D eigenvalue weighted by atomic mass is 10.1. The first kappa shape index (κ1) is 22.8. The van der Waals surface area contributed by atoms with Gasteiger partial charge in [0.1, 0.15) is 0 Å². The molecule has 0 atom stereocenters. The van der Waals surface area contributed by atoms with Gasteiger partial charge in [-0.05, 0) is 48.5 Å². The fraction of sp³-hybridized carbons (Fsp3) is 0.273. The van der Waals surface area contributed by atoms with E-state index in [9.17, 15) is 26.4 Å². The first-order valence-corrected chi connectivity index (χ1v) is 12.0. The molecule has 0 spiro atoms. The highest BCUT2D eigenvalue weighted by Gasteiger charge is 2.31. The molecule has 1 amide bonds. The van der Waals surface area contributed by atoms with Crippen LogP contribution >= 0.6 is 0 Å². The molecule has 2 heterocycles. The number of amides is 1. The topological polar surface area (TPSA) is 75.5 Å². The molecule has 11 heteroatoms. The zero-order chi connectivity index (χ0) is 23.8. The standard InChI is InChI=1S/C22H21F3N4O3S/c1-33(31,32)18-7-8-20(29-10-2-9-26-29)19(15-18)21(30)28-13-11-27(12-14-28)17-5-3-16(4-6-17)22(23,24)25/h2-10,15H,11-14H2,1H3. The number of alkyl halides is 3. The van der Waals surface area contributed by atoms with Gasteiger partial charge in [0.15, 0.2) is 9.84 Å². The highest BCUT2D eigenvalue weighted by molar-refractivity contribution is 7.90. The Labute approximate surface area is 189 Å². The molecule has 0 unspecified atom stereocenters. The fourth-order valence-electron chi connectivity index (χ4n) is 3.73. The van der Waals surface area contributed by atoms with Crippen LogP contribution in [0, 0.1) is 0 Å². The van der Waals surface area contributed by atoms with Crippen LogP contribution in [0.3, 0.4) is 0 Å². The maximum Gasteiger partial charge on any atom is 0.416 e. The van der Waals surface area contributed by atoms with E-state index in [1.807, 2.05) is 4.90 Å². The number of benzene rings is 2. The van der Waals surface area contributed by atoms with Crippen LogP contribution in [0.1, 0.15) is 15.9 Å². The summed E-state index contributed by atoms with van der Waals surface area (Å²) in [6, 6.07) is 11.0. The van der Waals surface area contributed by atoms with Crippen LogP contribution in [0.2, 0.25) is 0 Å². The summed E-state index contributed by atoms with van der Waals surface area (Å²) in [5.74, 6) is -0.335. The van der Waals surface area contributed by atoms with Gasteiger partial charge in [-0.1, -0.05) is 0 Å². The molecule has 4 rings (SSSR count). The van der Waals surface area contributed by atoms with Crippen LogP contribution in [0.25, 0.3) is 5.69 Å². The van der Waals surface area contributed by atoms with Gasteiger partial charge >= 0.3 is 6.18 Å². The van der Waals surface area contributed by atoms with Crippen molar-refractivity contribution in [3.8, 4) is 5.69 Å². The maximum atomic E-state index is 13.3. The Hall–Kier alpha value is -3.34. The molecule has 0 aliphatic carbocycles. The molecular formula is C22H21F3N4O3S. The Kier molecular flexibility index (Phi) is 5.91. The van der Waals surface area contributed by atoms with Gasteiger partial charge in [0.2, 0.25) is 0 Å². The normalized spacial score (nSPS) is 15.0. The van der Waals surface area contributed by atoms with Crippen LogP contribution in [0.4, 0.5) is 18.9 Å². The Balaban J connectivity index is 1.54. The van der Waals surface area contributed by atoms with E-state index >= 15 is 0 Å². The third kappa shape index (κ3) is 4.87.